The first kappa shape index (κ1) is 15.6. The summed E-state index contributed by atoms with van der Waals surface area (Å²) < 4.78 is 38.2. The third kappa shape index (κ3) is 3.21. The Morgan fingerprint density at radius 1 is 1.21 bits per heavy atom. The van der Waals surface area contributed by atoms with Crippen molar-refractivity contribution in [1.82, 2.24) is 25.6 Å². The molecule has 2 heterocycles. The molecule has 0 fully saturated rings. The Hall–Kier alpha value is -3.30. The van der Waals surface area contributed by atoms with Crippen molar-refractivity contribution >= 4 is 11.6 Å². The first-order valence-electron chi connectivity index (χ1n) is 6.61. The average Bonchev–Trinajstić information content (AvgIpc) is 3.08. The molecule has 2 N–H and O–H groups in total. The highest BCUT2D eigenvalue weighted by molar-refractivity contribution is 6.08. The number of rotatable bonds is 3. The van der Waals surface area contributed by atoms with E-state index in [1.54, 1.807) is 0 Å². The number of tetrazole rings is 1. The Kier molecular flexibility index (Phi) is 3.94. The van der Waals surface area contributed by atoms with Crippen LogP contribution >= 0.6 is 0 Å². The van der Waals surface area contributed by atoms with Crippen LogP contribution in [-0.4, -0.2) is 31.5 Å². The number of carbonyl (C=O) groups is 1. The molecule has 0 saturated carbocycles. The van der Waals surface area contributed by atoms with Gasteiger partial charge in [-0.25, -0.2) is 0 Å². The quantitative estimate of drug-likeness (QED) is 0.767. The number of nitrogens with zero attached hydrogens (tertiary/aromatic N) is 4. The van der Waals surface area contributed by atoms with Gasteiger partial charge in [0.05, 0.1) is 11.1 Å². The van der Waals surface area contributed by atoms with Gasteiger partial charge in [-0.2, -0.15) is 18.4 Å². The van der Waals surface area contributed by atoms with Gasteiger partial charge < -0.3 is 5.32 Å². The van der Waals surface area contributed by atoms with Crippen molar-refractivity contribution in [3.05, 3.63) is 53.9 Å². The van der Waals surface area contributed by atoms with Gasteiger partial charge in [0.2, 0.25) is 5.82 Å². The first-order chi connectivity index (χ1) is 11.4. The Balaban J connectivity index is 1.89. The zero-order valence-corrected chi connectivity index (χ0v) is 11.9. The molecule has 24 heavy (non-hydrogen) atoms. The van der Waals surface area contributed by atoms with Crippen molar-refractivity contribution in [3.63, 3.8) is 0 Å². The van der Waals surface area contributed by atoms with Crippen LogP contribution in [0, 0.1) is 0 Å². The average molecular weight is 334 g/mol. The van der Waals surface area contributed by atoms with Crippen LogP contribution in [0.25, 0.3) is 11.4 Å². The number of H-pyrrole nitrogens is 1. The number of nitrogens with one attached hydrogen (secondary N) is 2. The summed E-state index contributed by atoms with van der Waals surface area (Å²) in [6, 6.07) is 5.85. The largest absolute Gasteiger partial charge is 0.416 e. The fourth-order valence-electron chi connectivity index (χ4n) is 2.02. The Bertz CT molecular complexity index is 863. The van der Waals surface area contributed by atoms with E-state index in [0.29, 0.717) is 5.56 Å². The normalized spacial score (nSPS) is 11.3. The van der Waals surface area contributed by atoms with Crippen LogP contribution < -0.4 is 5.32 Å². The van der Waals surface area contributed by atoms with Crippen LogP contribution in [0.3, 0.4) is 0 Å². The highest BCUT2D eigenvalue weighted by Crippen LogP contribution is 2.31. The molecule has 0 aliphatic carbocycles. The van der Waals surface area contributed by atoms with Crippen LogP contribution in [0.2, 0.25) is 0 Å². The molecule has 1 amide bonds. The predicted octanol–water partition coefficient (Wildman–Crippen LogP) is 2.53. The zero-order chi connectivity index (χ0) is 17.2. The van der Waals surface area contributed by atoms with Crippen molar-refractivity contribution in [2.75, 3.05) is 5.32 Å². The molecule has 1 aromatic carbocycles. The van der Waals surface area contributed by atoms with Crippen molar-refractivity contribution in [2.24, 2.45) is 0 Å². The molecular formula is C14H9F3N6O. The zero-order valence-electron chi connectivity index (χ0n) is 11.9. The van der Waals surface area contributed by atoms with E-state index >= 15 is 0 Å². The van der Waals surface area contributed by atoms with Crippen molar-refractivity contribution in [1.29, 1.82) is 0 Å². The van der Waals surface area contributed by atoms with E-state index in [1.165, 1.54) is 30.6 Å². The fourth-order valence-corrected chi connectivity index (χ4v) is 2.02. The number of anilines is 1. The topological polar surface area (TPSA) is 96.5 Å². The highest BCUT2D eigenvalue weighted by atomic mass is 19.4. The van der Waals surface area contributed by atoms with E-state index in [0.717, 1.165) is 12.1 Å². The number of aromatic nitrogens is 5. The third-order valence-electron chi connectivity index (χ3n) is 3.10. The Labute approximate surface area is 132 Å². The molecule has 0 saturated heterocycles. The maximum Gasteiger partial charge on any atom is 0.416 e. The number of carbonyl (C=O) groups excluding carboxylic acids is 1. The molecule has 0 radical (unpaired) electrons. The number of alkyl halides is 3. The smallest absolute Gasteiger partial charge is 0.322 e. The number of benzene rings is 1. The minimum Gasteiger partial charge on any atom is -0.322 e. The molecular weight excluding hydrogens is 325 g/mol. The molecule has 0 unspecified atom stereocenters. The lowest BCUT2D eigenvalue weighted by molar-refractivity contribution is -0.137. The van der Waals surface area contributed by atoms with Gasteiger partial charge in [-0.1, -0.05) is 6.07 Å². The maximum atomic E-state index is 12.7. The van der Waals surface area contributed by atoms with Crippen LogP contribution in [-0.2, 0) is 6.18 Å². The van der Waals surface area contributed by atoms with Crippen molar-refractivity contribution in [3.8, 4) is 11.4 Å². The molecule has 3 aromatic rings. The summed E-state index contributed by atoms with van der Waals surface area (Å²) in [5, 5.41) is 15.6. The van der Waals surface area contributed by atoms with Gasteiger partial charge in [0.15, 0.2) is 0 Å². The molecule has 122 valence electrons. The second kappa shape index (κ2) is 6.07. The monoisotopic (exact) mass is 334 g/mol. The van der Waals surface area contributed by atoms with Gasteiger partial charge in [-0.05, 0) is 29.5 Å². The lowest BCUT2D eigenvalue weighted by atomic mass is 10.1. The van der Waals surface area contributed by atoms with Gasteiger partial charge in [-0.3, -0.25) is 9.78 Å². The van der Waals surface area contributed by atoms with Gasteiger partial charge in [0, 0.05) is 23.6 Å². The number of aromatic amines is 1. The minimum atomic E-state index is -4.50. The molecule has 0 atom stereocenters. The van der Waals surface area contributed by atoms with E-state index in [-0.39, 0.29) is 17.1 Å². The maximum absolute atomic E-state index is 12.7. The molecule has 10 heteroatoms. The van der Waals surface area contributed by atoms with E-state index in [1.807, 2.05) is 0 Å². The molecule has 7 nitrogen and oxygen atoms in total. The second-order valence-electron chi connectivity index (χ2n) is 4.69. The van der Waals surface area contributed by atoms with Crippen molar-refractivity contribution < 1.29 is 18.0 Å². The number of halogens is 3. The minimum absolute atomic E-state index is 0.0118. The number of amides is 1. The summed E-state index contributed by atoms with van der Waals surface area (Å²) in [5.41, 5.74) is -0.387. The van der Waals surface area contributed by atoms with Crippen LogP contribution in [0.15, 0.2) is 42.7 Å². The van der Waals surface area contributed by atoms with Gasteiger partial charge in [-0.15, -0.1) is 10.2 Å². The van der Waals surface area contributed by atoms with Gasteiger partial charge >= 0.3 is 6.18 Å². The molecule has 2 aromatic heterocycles. The van der Waals surface area contributed by atoms with E-state index in [9.17, 15) is 18.0 Å². The Morgan fingerprint density at radius 2 is 2.04 bits per heavy atom. The van der Waals surface area contributed by atoms with Crippen LogP contribution in [0.4, 0.5) is 18.9 Å². The summed E-state index contributed by atoms with van der Waals surface area (Å²) in [6.07, 6.45) is -1.79. The van der Waals surface area contributed by atoms with E-state index < -0.39 is 17.6 Å². The third-order valence-corrected chi connectivity index (χ3v) is 3.10. The second-order valence-corrected chi connectivity index (χ2v) is 4.69. The number of hydrogen-bond donors (Lipinski definition) is 2. The highest BCUT2D eigenvalue weighted by Gasteiger charge is 2.30. The van der Waals surface area contributed by atoms with Crippen LogP contribution in [0.5, 0.6) is 0 Å². The fraction of sp³-hybridized carbons (Fsp3) is 0.0714. The van der Waals surface area contributed by atoms with E-state index in [2.05, 4.69) is 30.9 Å². The molecule has 3 rings (SSSR count). The lowest BCUT2D eigenvalue weighted by Gasteiger charge is -2.10. The standard InChI is InChI=1S/C14H9F3N6O/c15-14(16,17)8-2-1-3-9(6-8)19-13(24)11-7-18-5-4-10(11)12-20-22-23-21-12/h1-7H,(H,19,24)(H,20,21,22,23). The number of hydrogen-bond acceptors (Lipinski definition) is 5. The first-order valence-corrected chi connectivity index (χ1v) is 6.61. The number of pyridine rings is 1. The summed E-state index contributed by atoms with van der Waals surface area (Å²) in [4.78, 5) is 16.2. The van der Waals surface area contributed by atoms with E-state index in [4.69, 9.17) is 0 Å². The summed E-state index contributed by atoms with van der Waals surface area (Å²) in [5.74, 6) is -0.464. The van der Waals surface area contributed by atoms with Gasteiger partial charge in [0.25, 0.3) is 5.91 Å². The SMILES string of the molecule is O=C(Nc1cccc(C(F)(F)F)c1)c1cnccc1-c1nn[nH]n1. The predicted molar refractivity (Wildman–Crippen MR) is 76.8 cm³/mol. The lowest BCUT2D eigenvalue weighted by Crippen LogP contribution is -2.14. The molecule has 0 aliphatic heterocycles. The van der Waals surface area contributed by atoms with Crippen LogP contribution in [0.1, 0.15) is 15.9 Å². The summed E-state index contributed by atoms with van der Waals surface area (Å²) in [7, 11) is 0. The summed E-state index contributed by atoms with van der Waals surface area (Å²) in [6.45, 7) is 0. The van der Waals surface area contributed by atoms with Gasteiger partial charge in [0.1, 0.15) is 0 Å². The molecule has 0 spiro atoms. The summed E-state index contributed by atoms with van der Waals surface area (Å²) >= 11 is 0. The molecule has 0 aliphatic rings. The molecule has 0 bridgehead atoms. The van der Waals surface area contributed by atoms with Crippen molar-refractivity contribution in [2.45, 2.75) is 6.18 Å². The Morgan fingerprint density at radius 3 is 2.75 bits per heavy atom.